The maximum atomic E-state index is 13.5. The Morgan fingerprint density at radius 1 is 1.19 bits per heavy atom. The smallest absolute Gasteiger partial charge is 0.253 e. The van der Waals surface area contributed by atoms with Crippen LogP contribution in [0, 0.1) is 6.92 Å². The lowest BCUT2D eigenvalue weighted by Gasteiger charge is -2.39. The third kappa shape index (κ3) is 2.90. The van der Waals surface area contributed by atoms with E-state index in [0.29, 0.717) is 31.5 Å². The van der Waals surface area contributed by atoms with Crippen molar-refractivity contribution in [3.8, 4) is 0 Å². The molecule has 8 heteroatoms. The molecule has 0 atom stereocenters. The van der Waals surface area contributed by atoms with Crippen molar-refractivity contribution in [2.24, 2.45) is 5.73 Å². The van der Waals surface area contributed by atoms with Crippen LogP contribution < -0.4 is 10.6 Å². The second-order valence-electron chi connectivity index (χ2n) is 8.37. The lowest BCUT2D eigenvalue weighted by Crippen LogP contribution is -2.51. The summed E-state index contributed by atoms with van der Waals surface area (Å²) in [6.45, 7) is 2.78. The van der Waals surface area contributed by atoms with Crippen LogP contribution in [0.1, 0.15) is 34.3 Å². The van der Waals surface area contributed by atoms with Gasteiger partial charge in [-0.1, -0.05) is 12.1 Å². The number of likely N-dealkylation sites (tertiary alicyclic amines) is 1. The maximum absolute atomic E-state index is 13.5. The van der Waals surface area contributed by atoms with Crippen LogP contribution in [0.2, 0.25) is 0 Å². The van der Waals surface area contributed by atoms with E-state index in [1.807, 2.05) is 37.3 Å². The van der Waals surface area contributed by atoms with E-state index in [4.69, 9.17) is 5.73 Å². The number of rotatable bonds is 3. The number of aryl methyl sites for hydroxylation is 1. The van der Waals surface area contributed by atoms with E-state index < -0.39 is 11.3 Å². The summed E-state index contributed by atoms with van der Waals surface area (Å²) in [6.07, 6.45) is 2.72. The fourth-order valence-corrected chi connectivity index (χ4v) is 5.10. The lowest BCUT2D eigenvalue weighted by atomic mass is 9.72. The molecule has 3 heterocycles. The molecule has 0 radical (unpaired) electrons. The number of nitrogens with zero attached hydrogens (tertiary/aromatic N) is 3. The van der Waals surface area contributed by atoms with E-state index in [1.54, 1.807) is 17.2 Å². The number of aromatic amines is 1. The van der Waals surface area contributed by atoms with Gasteiger partial charge in [0.1, 0.15) is 6.54 Å². The molecule has 3 aromatic rings. The number of fused-ring (bicyclic) bond motifs is 3. The molecule has 8 nitrogen and oxygen atoms in total. The molecular weight excluding hydrogens is 394 g/mol. The first-order valence-electron chi connectivity index (χ1n) is 10.3. The van der Waals surface area contributed by atoms with Crippen molar-refractivity contribution >= 4 is 34.3 Å². The summed E-state index contributed by atoms with van der Waals surface area (Å²) in [7, 11) is 0. The molecule has 2 aromatic carbocycles. The average molecular weight is 417 g/mol. The highest BCUT2D eigenvalue weighted by atomic mass is 16.2. The largest absolute Gasteiger partial charge is 0.368 e. The first-order chi connectivity index (χ1) is 14.9. The van der Waals surface area contributed by atoms with Crippen molar-refractivity contribution in [2.45, 2.75) is 25.2 Å². The summed E-state index contributed by atoms with van der Waals surface area (Å²) >= 11 is 0. The summed E-state index contributed by atoms with van der Waals surface area (Å²) < 4.78 is 0. The minimum Gasteiger partial charge on any atom is -0.368 e. The van der Waals surface area contributed by atoms with Crippen LogP contribution in [0.25, 0.3) is 10.9 Å². The molecule has 5 rings (SSSR count). The Labute approximate surface area is 179 Å². The number of H-pyrrole nitrogens is 1. The molecular formula is C23H23N5O3. The van der Waals surface area contributed by atoms with Crippen LogP contribution in [0.4, 0.5) is 5.69 Å². The van der Waals surface area contributed by atoms with Crippen molar-refractivity contribution < 1.29 is 14.4 Å². The molecule has 0 bridgehead atoms. The van der Waals surface area contributed by atoms with Gasteiger partial charge in [-0.15, -0.1) is 0 Å². The van der Waals surface area contributed by atoms with E-state index in [2.05, 4.69) is 10.2 Å². The van der Waals surface area contributed by atoms with Crippen LogP contribution >= 0.6 is 0 Å². The van der Waals surface area contributed by atoms with E-state index in [1.165, 1.54) is 4.90 Å². The molecule has 158 valence electrons. The molecule has 1 aromatic heterocycles. The molecule has 1 spiro atoms. The predicted molar refractivity (Wildman–Crippen MR) is 116 cm³/mol. The number of hydrogen-bond donors (Lipinski definition) is 2. The fourth-order valence-electron chi connectivity index (χ4n) is 5.10. The zero-order valence-electron chi connectivity index (χ0n) is 17.2. The van der Waals surface area contributed by atoms with Gasteiger partial charge in [0.05, 0.1) is 17.1 Å². The average Bonchev–Trinajstić information content (AvgIpc) is 3.31. The molecule has 3 amide bonds. The number of nitrogens with two attached hydrogens (primary N) is 1. The van der Waals surface area contributed by atoms with E-state index in [9.17, 15) is 14.4 Å². The standard InChI is InChI=1S/C23H23N5O3/c1-14-3-2-4-18-20(14)23(22(31)28(18)13-19(24)29)7-9-27(10-8-23)21(30)15-5-6-17-16(11-15)12-25-26-17/h2-6,11-12H,7-10,13H2,1H3,(H2,24,29)(H,25,26). The van der Waals surface area contributed by atoms with Crippen molar-refractivity contribution in [1.82, 2.24) is 15.1 Å². The molecule has 2 aliphatic heterocycles. The minimum atomic E-state index is -0.721. The van der Waals surface area contributed by atoms with Gasteiger partial charge in [-0.25, -0.2) is 0 Å². The fraction of sp³-hybridized carbons (Fsp3) is 0.304. The SMILES string of the molecule is Cc1cccc2c1C1(CCN(C(=O)c3ccc4[nH]ncc4c3)CC1)C(=O)N2CC(N)=O. The van der Waals surface area contributed by atoms with E-state index in [-0.39, 0.29) is 18.4 Å². The summed E-state index contributed by atoms with van der Waals surface area (Å²) in [5.74, 6) is -0.690. The van der Waals surface area contributed by atoms with E-state index in [0.717, 1.165) is 27.7 Å². The Balaban J connectivity index is 1.43. The Kier molecular flexibility index (Phi) is 4.32. The summed E-state index contributed by atoms with van der Waals surface area (Å²) in [5.41, 5.74) is 8.92. The van der Waals surface area contributed by atoms with Gasteiger partial charge in [-0.2, -0.15) is 5.10 Å². The zero-order chi connectivity index (χ0) is 21.8. The first-order valence-corrected chi connectivity index (χ1v) is 10.3. The molecule has 0 aliphatic carbocycles. The monoisotopic (exact) mass is 417 g/mol. The van der Waals surface area contributed by atoms with Gasteiger partial charge in [0.2, 0.25) is 11.8 Å². The number of piperidine rings is 1. The first kappa shape index (κ1) is 19.3. The molecule has 1 fully saturated rings. The molecule has 0 saturated carbocycles. The second kappa shape index (κ2) is 6.94. The van der Waals surface area contributed by atoms with Crippen molar-refractivity contribution in [2.75, 3.05) is 24.5 Å². The number of primary amides is 1. The molecule has 3 N–H and O–H groups in total. The van der Waals surface area contributed by atoms with Gasteiger partial charge in [-0.3, -0.25) is 19.5 Å². The quantitative estimate of drug-likeness (QED) is 0.677. The lowest BCUT2D eigenvalue weighted by molar-refractivity contribution is -0.126. The van der Waals surface area contributed by atoms with Gasteiger partial charge >= 0.3 is 0 Å². The number of anilines is 1. The predicted octanol–water partition coefficient (Wildman–Crippen LogP) is 1.88. The van der Waals surface area contributed by atoms with Crippen molar-refractivity contribution in [1.29, 1.82) is 0 Å². The van der Waals surface area contributed by atoms with Gasteiger partial charge in [0.25, 0.3) is 5.91 Å². The third-order valence-electron chi connectivity index (χ3n) is 6.58. The molecule has 0 unspecified atom stereocenters. The van der Waals surface area contributed by atoms with Crippen LogP contribution in [0.15, 0.2) is 42.6 Å². The number of nitrogens with one attached hydrogen (secondary N) is 1. The number of benzene rings is 2. The summed E-state index contributed by atoms with van der Waals surface area (Å²) in [4.78, 5) is 41.5. The van der Waals surface area contributed by atoms with Crippen molar-refractivity contribution in [3.05, 3.63) is 59.3 Å². The van der Waals surface area contributed by atoms with Gasteiger partial charge in [-0.05, 0) is 55.2 Å². The second-order valence-corrected chi connectivity index (χ2v) is 8.37. The highest BCUT2D eigenvalue weighted by Crippen LogP contribution is 2.49. The molecule has 2 aliphatic rings. The Morgan fingerprint density at radius 3 is 2.71 bits per heavy atom. The number of amides is 3. The maximum Gasteiger partial charge on any atom is 0.253 e. The van der Waals surface area contributed by atoms with Gasteiger partial charge < -0.3 is 15.5 Å². The van der Waals surface area contributed by atoms with E-state index >= 15 is 0 Å². The van der Waals surface area contributed by atoms with Gasteiger partial charge in [0.15, 0.2) is 0 Å². The third-order valence-corrected chi connectivity index (χ3v) is 6.58. The summed E-state index contributed by atoms with van der Waals surface area (Å²) in [5, 5.41) is 7.77. The topological polar surface area (TPSA) is 112 Å². The Hall–Kier alpha value is -3.68. The minimum absolute atomic E-state index is 0.0533. The number of carbonyl (C=O) groups excluding carboxylic acids is 3. The van der Waals surface area contributed by atoms with Crippen LogP contribution in [0.5, 0.6) is 0 Å². The highest BCUT2D eigenvalue weighted by Gasteiger charge is 2.53. The summed E-state index contributed by atoms with van der Waals surface area (Å²) in [6, 6.07) is 11.2. The van der Waals surface area contributed by atoms with Crippen LogP contribution in [-0.4, -0.2) is 52.5 Å². The number of hydrogen-bond acceptors (Lipinski definition) is 4. The van der Waals surface area contributed by atoms with Crippen LogP contribution in [-0.2, 0) is 15.0 Å². The Bertz CT molecular complexity index is 1220. The zero-order valence-corrected chi connectivity index (χ0v) is 17.2. The number of carbonyl (C=O) groups is 3. The van der Waals surface area contributed by atoms with Crippen molar-refractivity contribution in [3.63, 3.8) is 0 Å². The molecule has 31 heavy (non-hydrogen) atoms. The number of aromatic nitrogens is 2. The normalized spacial score (nSPS) is 17.4. The highest BCUT2D eigenvalue weighted by molar-refractivity contribution is 6.11. The van der Waals surface area contributed by atoms with Gasteiger partial charge in [0, 0.05) is 29.7 Å². The van der Waals surface area contributed by atoms with Crippen LogP contribution in [0.3, 0.4) is 0 Å². The molecule has 1 saturated heterocycles. The Morgan fingerprint density at radius 2 is 1.97 bits per heavy atom.